The molecule has 4 rings (SSSR count). The Labute approximate surface area is 200 Å². The van der Waals surface area contributed by atoms with E-state index in [1.165, 1.54) is 6.07 Å². The van der Waals surface area contributed by atoms with Gasteiger partial charge < -0.3 is 15.1 Å². The minimum atomic E-state index is -0.385. The van der Waals surface area contributed by atoms with Crippen LogP contribution in [-0.2, 0) is 0 Å². The van der Waals surface area contributed by atoms with Gasteiger partial charge in [0.05, 0.1) is 4.92 Å². The molecule has 0 aliphatic carbocycles. The third kappa shape index (κ3) is 5.99. The van der Waals surface area contributed by atoms with E-state index in [1.54, 1.807) is 24.5 Å². The van der Waals surface area contributed by atoms with Gasteiger partial charge in [-0.3, -0.25) is 19.8 Å². The molecule has 10 nitrogen and oxygen atoms in total. The number of amides is 1. The molecule has 1 N–H and O–H groups in total. The number of anilines is 2. The lowest BCUT2D eigenvalue weighted by Crippen LogP contribution is -2.47. The van der Waals surface area contributed by atoms with E-state index in [4.69, 9.17) is 0 Å². The van der Waals surface area contributed by atoms with Crippen molar-refractivity contribution >= 4 is 23.2 Å². The average molecular weight is 468 g/mol. The fourth-order valence-corrected chi connectivity index (χ4v) is 4.56. The van der Waals surface area contributed by atoms with Crippen molar-refractivity contribution in [2.24, 2.45) is 5.92 Å². The number of carbonyl (C=O) groups is 1. The van der Waals surface area contributed by atoms with Gasteiger partial charge in [-0.25, -0.2) is 9.97 Å². The summed E-state index contributed by atoms with van der Waals surface area (Å²) in [6.45, 7) is 8.84. The first-order chi connectivity index (χ1) is 16.5. The van der Waals surface area contributed by atoms with Crippen LogP contribution < -0.4 is 15.1 Å². The van der Waals surface area contributed by atoms with E-state index in [0.29, 0.717) is 23.7 Å². The number of nitrogens with one attached hydrogen (secondary N) is 1. The van der Waals surface area contributed by atoms with Gasteiger partial charge in [0.25, 0.3) is 11.6 Å². The third-order valence-electron chi connectivity index (χ3n) is 6.70. The minimum Gasteiger partial charge on any atom is -0.366 e. The van der Waals surface area contributed by atoms with Crippen LogP contribution in [0.3, 0.4) is 0 Å². The molecule has 2 saturated heterocycles. The zero-order valence-corrected chi connectivity index (χ0v) is 19.7. The Balaban J connectivity index is 1.23. The van der Waals surface area contributed by atoms with Crippen molar-refractivity contribution in [3.05, 3.63) is 52.3 Å². The highest BCUT2D eigenvalue weighted by Gasteiger charge is 2.25. The Morgan fingerprint density at radius 3 is 2.47 bits per heavy atom. The smallest absolute Gasteiger partial charge is 0.293 e. The first kappa shape index (κ1) is 23.9. The highest BCUT2D eigenvalue weighted by atomic mass is 16.6. The number of hydrogen-bond acceptors (Lipinski definition) is 8. The number of carbonyl (C=O) groups excluding carboxylic acids is 1. The van der Waals surface area contributed by atoms with Crippen LogP contribution in [0.2, 0.25) is 0 Å². The normalized spacial score (nSPS) is 17.6. The Morgan fingerprint density at radius 2 is 1.79 bits per heavy atom. The molecule has 2 aromatic rings. The van der Waals surface area contributed by atoms with Crippen LogP contribution >= 0.6 is 0 Å². The maximum atomic E-state index is 12.6. The van der Waals surface area contributed by atoms with Gasteiger partial charge in [0, 0.05) is 69.8 Å². The predicted molar refractivity (Wildman–Crippen MR) is 131 cm³/mol. The van der Waals surface area contributed by atoms with Crippen LogP contribution in [0.4, 0.5) is 17.3 Å². The Morgan fingerprint density at radius 1 is 1.09 bits per heavy atom. The standard InChI is InChI=1S/C24H33N7O3/c1-19-6-12-29(13-7-19)21-5-4-20(18-22(21)31(33)34)23(32)25-10-3-11-28-14-16-30(17-15-28)24-26-8-2-9-27-24/h2,4-5,8-9,18-19H,3,6-7,10-17H2,1H3,(H,25,32). The SMILES string of the molecule is CC1CCN(c2ccc(C(=O)NCCCN3CCN(c4ncccn4)CC3)cc2[N+](=O)[O-])CC1. The van der Waals surface area contributed by atoms with Gasteiger partial charge in [0.1, 0.15) is 5.69 Å². The monoisotopic (exact) mass is 467 g/mol. The molecule has 1 aromatic carbocycles. The summed E-state index contributed by atoms with van der Waals surface area (Å²) < 4.78 is 0. The fourth-order valence-electron chi connectivity index (χ4n) is 4.56. The van der Waals surface area contributed by atoms with Gasteiger partial charge >= 0.3 is 0 Å². The first-order valence-electron chi connectivity index (χ1n) is 12.1. The second kappa shape index (κ2) is 11.2. The van der Waals surface area contributed by atoms with E-state index < -0.39 is 0 Å². The Kier molecular flexibility index (Phi) is 7.89. The van der Waals surface area contributed by atoms with Crippen molar-refractivity contribution in [3.63, 3.8) is 0 Å². The number of nitro benzene ring substituents is 1. The van der Waals surface area contributed by atoms with Gasteiger partial charge in [0.15, 0.2) is 0 Å². The molecule has 0 atom stereocenters. The molecule has 1 amide bonds. The van der Waals surface area contributed by atoms with Crippen LogP contribution in [0, 0.1) is 16.0 Å². The van der Waals surface area contributed by atoms with Crippen LogP contribution in [0.1, 0.15) is 36.5 Å². The first-order valence-corrected chi connectivity index (χ1v) is 12.1. The number of piperidine rings is 1. The maximum Gasteiger partial charge on any atom is 0.293 e. The van der Waals surface area contributed by atoms with E-state index in [9.17, 15) is 14.9 Å². The number of nitrogens with zero attached hydrogens (tertiary/aromatic N) is 6. The maximum absolute atomic E-state index is 12.6. The van der Waals surface area contributed by atoms with Crippen molar-refractivity contribution < 1.29 is 9.72 Å². The van der Waals surface area contributed by atoms with Crippen LogP contribution in [-0.4, -0.2) is 78.1 Å². The second-order valence-corrected chi connectivity index (χ2v) is 9.12. The summed E-state index contributed by atoms with van der Waals surface area (Å²) in [7, 11) is 0. The summed E-state index contributed by atoms with van der Waals surface area (Å²) in [4.78, 5) is 39.1. The quantitative estimate of drug-likeness (QED) is 0.359. The topological polar surface area (TPSA) is 108 Å². The van der Waals surface area contributed by atoms with Gasteiger partial charge in [-0.15, -0.1) is 0 Å². The molecule has 0 bridgehead atoms. The summed E-state index contributed by atoms with van der Waals surface area (Å²) in [6, 6.07) is 6.64. The van der Waals surface area contributed by atoms with Gasteiger partial charge in [-0.05, 0) is 49.9 Å². The molecule has 1 aromatic heterocycles. The molecule has 0 saturated carbocycles. The van der Waals surface area contributed by atoms with E-state index in [0.717, 1.165) is 71.0 Å². The summed E-state index contributed by atoms with van der Waals surface area (Å²) in [5.41, 5.74) is 0.938. The van der Waals surface area contributed by atoms with E-state index in [-0.39, 0.29) is 16.5 Å². The molecule has 0 radical (unpaired) electrons. The molecule has 2 fully saturated rings. The highest BCUT2D eigenvalue weighted by Crippen LogP contribution is 2.32. The molecule has 2 aliphatic rings. The lowest BCUT2D eigenvalue weighted by atomic mass is 9.98. The number of piperazine rings is 1. The van der Waals surface area contributed by atoms with Crippen LogP contribution in [0.5, 0.6) is 0 Å². The van der Waals surface area contributed by atoms with Gasteiger partial charge in [-0.1, -0.05) is 6.92 Å². The minimum absolute atomic E-state index is 0.00229. The lowest BCUT2D eigenvalue weighted by Gasteiger charge is -2.34. The van der Waals surface area contributed by atoms with E-state index >= 15 is 0 Å². The summed E-state index contributed by atoms with van der Waals surface area (Å²) >= 11 is 0. The van der Waals surface area contributed by atoms with Crippen LogP contribution in [0.25, 0.3) is 0 Å². The van der Waals surface area contributed by atoms with Crippen molar-refractivity contribution in [2.75, 3.05) is 62.2 Å². The molecule has 2 aliphatic heterocycles. The molecule has 0 spiro atoms. The van der Waals surface area contributed by atoms with Crippen molar-refractivity contribution in [1.82, 2.24) is 20.2 Å². The number of aromatic nitrogens is 2. The third-order valence-corrected chi connectivity index (χ3v) is 6.70. The van der Waals surface area contributed by atoms with Gasteiger partial charge in [0.2, 0.25) is 5.95 Å². The summed E-state index contributed by atoms with van der Waals surface area (Å²) in [5.74, 6) is 1.14. The largest absolute Gasteiger partial charge is 0.366 e. The number of rotatable bonds is 8. The second-order valence-electron chi connectivity index (χ2n) is 9.12. The lowest BCUT2D eigenvalue weighted by molar-refractivity contribution is -0.384. The van der Waals surface area contributed by atoms with Crippen molar-refractivity contribution in [2.45, 2.75) is 26.2 Å². The van der Waals surface area contributed by atoms with Crippen LogP contribution in [0.15, 0.2) is 36.7 Å². The zero-order chi connectivity index (χ0) is 23.9. The van der Waals surface area contributed by atoms with E-state index in [1.807, 2.05) is 6.07 Å². The molecule has 34 heavy (non-hydrogen) atoms. The predicted octanol–water partition coefficient (Wildman–Crippen LogP) is 2.56. The Bertz CT molecular complexity index is 972. The number of benzene rings is 1. The van der Waals surface area contributed by atoms with Crippen molar-refractivity contribution in [3.8, 4) is 0 Å². The van der Waals surface area contributed by atoms with Gasteiger partial charge in [-0.2, -0.15) is 0 Å². The molecular weight excluding hydrogens is 434 g/mol. The molecular formula is C24H33N7O3. The summed E-state index contributed by atoms with van der Waals surface area (Å²) in [5, 5.41) is 14.6. The van der Waals surface area contributed by atoms with E-state index in [2.05, 4.69) is 36.9 Å². The number of nitro groups is 1. The molecule has 3 heterocycles. The highest BCUT2D eigenvalue weighted by molar-refractivity contribution is 5.95. The molecule has 10 heteroatoms. The average Bonchev–Trinajstić information content (AvgIpc) is 2.87. The Hall–Kier alpha value is -3.27. The fraction of sp³-hybridized carbons (Fsp3) is 0.542. The number of hydrogen-bond donors (Lipinski definition) is 1. The van der Waals surface area contributed by atoms with Crippen molar-refractivity contribution in [1.29, 1.82) is 0 Å². The summed E-state index contributed by atoms with van der Waals surface area (Å²) in [6.07, 6.45) is 6.38. The molecule has 0 unspecified atom stereocenters. The zero-order valence-electron chi connectivity index (χ0n) is 19.7. The molecule has 182 valence electrons.